The van der Waals surface area contributed by atoms with Crippen molar-refractivity contribution >= 4 is 21.6 Å². The molecule has 6 heteroatoms. The molecule has 0 amide bonds. The van der Waals surface area contributed by atoms with Gasteiger partial charge < -0.3 is 5.73 Å². The fourth-order valence-corrected chi connectivity index (χ4v) is 4.43. The normalized spacial score (nSPS) is 17.3. The Hall–Kier alpha value is -0.620. The first-order valence-electron chi connectivity index (χ1n) is 6.43. The maximum absolute atomic E-state index is 12.6. The van der Waals surface area contributed by atoms with Crippen LogP contribution in [-0.4, -0.2) is 25.8 Å². The molecule has 0 saturated heterocycles. The molecule has 4 nitrogen and oxygen atoms in total. The molecule has 0 unspecified atom stereocenters. The number of hydrogen-bond acceptors (Lipinski definition) is 3. The number of nitrogens with zero attached hydrogens (tertiary/aromatic N) is 1. The molecule has 1 aromatic rings. The predicted octanol–water partition coefficient (Wildman–Crippen LogP) is 2.36. The van der Waals surface area contributed by atoms with Crippen LogP contribution >= 0.6 is 11.6 Å². The zero-order chi connectivity index (χ0) is 14.0. The Bertz CT molecular complexity index is 554. The topological polar surface area (TPSA) is 63.4 Å². The molecule has 106 valence electrons. The summed E-state index contributed by atoms with van der Waals surface area (Å²) in [6.45, 7) is 0.298. The van der Waals surface area contributed by atoms with Crippen molar-refractivity contribution in [2.45, 2.75) is 43.2 Å². The van der Waals surface area contributed by atoms with Gasteiger partial charge in [-0.05, 0) is 30.5 Å². The summed E-state index contributed by atoms with van der Waals surface area (Å²) >= 11 is 6.04. The second-order valence-corrected chi connectivity index (χ2v) is 7.30. The summed E-state index contributed by atoms with van der Waals surface area (Å²) in [5.41, 5.74) is 6.33. The smallest absolute Gasteiger partial charge is 0.244 e. The number of benzene rings is 1. The van der Waals surface area contributed by atoms with Crippen LogP contribution in [-0.2, 0) is 16.6 Å². The first-order chi connectivity index (χ1) is 8.96. The van der Waals surface area contributed by atoms with Gasteiger partial charge in [0, 0.05) is 19.6 Å². The van der Waals surface area contributed by atoms with Crippen molar-refractivity contribution < 1.29 is 8.42 Å². The predicted molar refractivity (Wildman–Crippen MR) is 76.5 cm³/mol. The summed E-state index contributed by atoms with van der Waals surface area (Å²) in [5.74, 6) is 0. The molecule has 19 heavy (non-hydrogen) atoms. The Morgan fingerprint density at radius 2 is 2.00 bits per heavy atom. The van der Waals surface area contributed by atoms with E-state index in [-0.39, 0.29) is 16.0 Å². The van der Waals surface area contributed by atoms with E-state index in [0.717, 1.165) is 31.2 Å². The Labute approximate surface area is 119 Å². The van der Waals surface area contributed by atoms with Crippen LogP contribution in [0.3, 0.4) is 0 Å². The number of halogens is 1. The fraction of sp³-hybridized carbons (Fsp3) is 0.538. The van der Waals surface area contributed by atoms with E-state index in [9.17, 15) is 8.42 Å². The largest absolute Gasteiger partial charge is 0.326 e. The quantitative estimate of drug-likeness (QED) is 0.928. The van der Waals surface area contributed by atoms with Crippen LogP contribution in [0.25, 0.3) is 0 Å². The number of rotatable bonds is 4. The highest BCUT2D eigenvalue weighted by molar-refractivity contribution is 7.89. The van der Waals surface area contributed by atoms with Gasteiger partial charge in [0.15, 0.2) is 0 Å². The van der Waals surface area contributed by atoms with Crippen LogP contribution in [0.2, 0.25) is 5.02 Å². The molecule has 1 saturated carbocycles. The molecule has 1 fully saturated rings. The second kappa shape index (κ2) is 5.79. The summed E-state index contributed by atoms with van der Waals surface area (Å²) in [6, 6.07) is 5.00. The molecule has 0 spiro atoms. The summed E-state index contributed by atoms with van der Waals surface area (Å²) in [5, 5.41) is 0.252. The van der Waals surface area contributed by atoms with E-state index < -0.39 is 10.0 Å². The van der Waals surface area contributed by atoms with Gasteiger partial charge in [-0.1, -0.05) is 30.5 Å². The third kappa shape index (κ3) is 2.94. The van der Waals surface area contributed by atoms with Crippen molar-refractivity contribution in [3.8, 4) is 0 Å². The van der Waals surface area contributed by atoms with E-state index in [1.165, 1.54) is 4.31 Å². The molecule has 1 aliphatic rings. The minimum atomic E-state index is -3.54. The third-order valence-corrected chi connectivity index (χ3v) is 6.12. The number of sulfonamides is 1. The molecule has 0 bridgehead atoms. The third-order valence-electron chi connectivity index (χ3n) is 3.73. The highest BCUT2D eigenvalue weighted by atomic mass is 35.5. The van der Waals surface area contributed by atoms with Gasteiger partial charge >= 0.3 is 0 Å². The van der Waals surface area contributed by atoms with Gasteiger partial charge in [-0.2, -0.15) is 4.31 Å². The lowest BCUT2D eigenvalue weighted by atomic mass is 10.2. The van der Waals surface area contributed by atoms with E-state index in [1.54, 1.807) is 25.2 Å². The highest BCUT2D eigenvalue weighted by Gasteiger charge is 2.31. The highest BCUT2D eigenvalue weighted by Crippen LogP contribution is 2.30. The second-order valence-electron chi connectivity index (χ2n) is 4.93. The molecule has 0 heterocycles. The Morgan fingerprint density at radius 1 is 1.37 bits per heavy atom. The van der Waals surface area contributed by atoms with Gasteiger partial charge in [-0.3, -0.25) is 0 Å². The standard InChI is InChI=1S/C13H19ClN2O2S/c1-16(11-4-2-3-5-11)19(17,18)13-8-10(9-15)6-7-12(13)14/h6-8,11H,2-5,9,15H2,1H3. The molecule has 0 aliphatic heterocycles. The molecule has 0 atom stereocenters. The summed E-state index contributed by atoms with van der Waals surface area (Å²) < 4.78 is 26.7. The van der Waals surface area contributed by atoms with E-state index in [2.05, 4.69) is 0 Å². The molecule has 2 rings (SSSR count). The fourth-order valence-electron chi connectivity index (χ4n) is 2.49. The monoisotopic (exact) mass is 302 g/mol. The Kier molecular flexibility index (Phi) is 4.50. The van der Waals surface area contributed by atoms with Gasteiger partial charge in [-0.25, -0.2) is 8.42 Å². The van der Waals surface area contributed by atoms with Crippen molar-refractivity contribution in [2.24, 2.45) is 5.73 Å². The first-order valence-corrected chi connectivity index (χ1v) is 8.25. The molecule has 2 N–H and O–H groups in total. The molecular formula is C13H19ClN2O2S. The van der Waals surface area contributed by atoms with Crippen molar-refractivity contribution in [2.75, 3.05) is 7.05 Å². The maximum atomic E-state index is 12.6. The van der Waals surface area contributed by atoms with Gasteiger partial charge in [-0.15, -0.1) is 0 Å². The summed E-state index contributed by atoms with van der Waals surface area (Å²) in [7, 11) is -1.90. The van der Waals surface area contributed by atoms with Crippen LogP contribution in [0, 0.1) is 0 Å². The molecule has 0 aromatic heterocycles. The van der Waals surface area contributed by atoms with E-state index in [1.807, 2.05) is 0 Å². The SMILES string of the molecule is CN(C1CCCC1)S(=O)(=O)c1cc(CN)ccc1Cl. The van der Waals surface area contributed by atoms with Crippen molar-refractivity contribution in [3.63, 3.8) is 0 Å². The lowest BCUT2D eigenvalue weighted by Gasteiger charge is -2.24. The Morgan fingerprint density at radius 3 is 2.58 bits per heavy atom. The summed E-state index contributed by atoms with van der Waals surface area (Å²) in [4.78, 5) is 0.159. The van der Waals surface area contributed by atoms with Crippen molar-refractivity contribution in [1.29, 1.82) is 0 Å². The van der Waals surface area contributed by atoms with Gasteiger partial charge in [0.1, 0.15) is 4.90 Å². The van der Waals surface area contributed by atoms with Crippen molar-refractivity contribution in [1.82, 2.24) is 4.31 Å². The van der Waals surface area contributed by atoms with Crippen LogP contribution < -0.4 is 5.73 Å². The lowest BCUT2D eigenvalue weighted by molar-refractivity contribution is 0.373. The van der Waals surface area contributed by atoms with Gasteiger partial charge in [0.25, 0.3) is 0 Å². The molecule has 1 aromatic carbocycles. The van der Waals surface area contributed by atoms with E-state index in [0.29, 0.717) is 6.54 Å². The number of nitrogens with two attached hydrogens (primary N) is 1. The Balaban J connectivity index is 2.38. The van der Waals surface area contributed by atoms with Crippen molar-refractivity contribution in [3.05, 3.63) is 28.8 Å². The van der Waals surface area contributed by atoms with Crippen LogP contribution in [0.4, 0.5) is 0 Å². The average molecular weight is 303 g/mol. The zero-order valence-electron chi connectivity index (χ0n) is 11.0. The van der Waals surface area contributed by atoms with Crippen LogP contribution in [0.1, 0.15) is 31.2 Å². The molecular weight excluding hydrogens is 284 g/mol. The van der Waals surface area contributed by atoms with Crippen LogP contribution in [0.5, 0.6) is 0 Å². The average Bonchev–Trinajstić information content (AvgIpc) is 2.92. The lowest BCUT2D eigenvalue weighted by Crippen LogP contribution is -2.35. The molecule has 1 aliphatic carbocycles. The first kappa shape index (κ1) is 14.8. The molecule has 0 radical (unpaired) electrons. The minimum Gasteiger partial charge on any atom is -0.326 e. The van der Waals surface area contributed by atoms with E-state index in [4.69, 9.17) is 17.3 Å². The van der Waals surface area contributed by atoms with E-state index >= 15 is 0 Å². The number of hydrogen-bond donors (Lipinski definition) is 1. The summed E-state index contributed by atoms with van der Waals surface area (Å²) in [6.07, 6.45) is 4.01. The van der Waals surface area contributed by atoms with Gasteiger partial charge in [0.05, 0.1) is 5.02 Å². The van der Waals surface area contributed by atoms with Crippen LogP contribution in [0.15, 0.2) is 23.1 Å². The van der Waals surface area contributed by atoms with Gasteiger partial charge in [0.2, 0.25) is 10.0 Å². The minimum absolute atomic E-state index is 0.0857. The zero-order valence-corrected chi connectivity index (χ0v) is 12.5. The maximum Gasteiger partial charge on any atom is 0.244 e.